The van der Waals surface area contributed by atoms with Gasteiger partial charge in [-0.25, -0.2) is 0 Å². The first-order valence-corrected chi connectivity index (χ1v) is 5.23. The summed E-state index contributed by atoms with van der Waals surface area (Å²) in [5.41, 5.74) is 1.84. The van der Waals surface area contributed by atoms with Crippen LogP contribution in [0.2, 0.25) is 0 Å². The van der Waals surface area contributed by atoms with Crippen molar-refractivity contribution in [2.75, 3.05) is 20.1 Å². The number of benzene rings is 1. The van der Waals surface area contributed by atoms with Crippen LogP contribution in [0.15, 0.2) is 24.3 Å². The van der Waals surface area contributed by atoms with Gasteiger partial charge in [-0.3, -0.25) is 4.79 Å². The summed E-state index contributed by atoms with van der Waals surface area (Å²) in [6.07, 6.45) is 0.952. The van der Waals surface area contributed by atoms with Gasteiger partial charge in [-0.1, -0.05) is 17.7 Å². The van der Waals surface area contributed by atoms with Gasteiger partial charge >= 0.3 is 0 Å². The Labute approximate surface area is 90.9 Å². The molecule has 0 aliphatic rings. The number of carbonyl (C=O) groups is 1. The first-order valence-electron chi connectivity index (χ1n) is 5.23. The molecule has 0 aromatic heterocycles. The molecule has 0 unspecified atom stereocenters. The van der Waals surface area contributed by atoms with Crippen molar-refractivity contribution in [3.8, 4) is 0 Å². The van der Waals surface area contributed by atoms with Gasteiger partial charge in [0.1, 0.15) is 0 Å². The molecule has 0 aliphatic heterocycles. The first-order chi connectivity index (χ1) is 7.24. The normalized spacial score (nSPS) is 10.0. The van der Waals surface area contributed by atoms with Gasteiger partial charge in [0.05, 0.1) is 0 Å². The molecule has 1 amide bonds. The van der Waals surface area contributed by atoms with E-state index in [0.29, 0.717) is 6.54 Å². The molecule has 3 nitrogen and oxygen atoms in total. The summed E-state index contributed by atoms with van der Waals surface area (Å²) in [5.74, 6) is 0.00908. The highest BCUT2D eigenvalue weighted by atomic mass is 16.1. The summed E-state index contributed by atoms with van der Waals surface area (Å²) in [7, 11) is 1.91. The van der Waals surface area contributed by atoms with Crippen LogP contribution in [0.5, 0.6) is 0 Å². The maximum absolute atomic E-state index is 11.6. The smallest absolute Gasteiger partial charge is 0.251 e. The van der Waals surface area contributed by atoms with Gasteiger partial charge in [0.25, 0.3) is 5.91 Å². The Morgan fingerprint density at radius 3 is 2.80 bits per heavy atom. The summed E-state index contributed by atoms with van der Waals surface area (Å²) < 4.78 is 0. The molecule has 0 fully saturated rings. The molecule has 0 spiro atoms. The lowest BCUT2D eigenvalue weighted by Crippen LogP contribution is -2.26. The molecule has 0 bridgehead atoms. The van der Waals surface area contributed by atoms with Crippen LogP contribution in [0.3, 0.4) is 0 Å². The van der Waals surface area contributed by atoms with Crippen molar-refractivity contribution in [2.24, 2.45) is 0 Å². The van der Waals surface area contributed by atoms with Crippen LogP contribution in [0.25, 0.3) is 0 Å². The first kappa shape index (κ1) is 11.7. The lowest BCUT2D eigenvalue weighted by Gasteiger charge is -2.05. The predicted octanol–water partition coefficient (Wildman–Crippen LogP) is 1.33. The van der Waals surface area contributed by atoms with E-state index >= 15 is 0 Å². The third-order valence-corrected chi connectivity index (χ3v) is 2.17. The van der Waals surface area contributed by atoms with Gasteiger partial charge < -0.3 is 10.6 Å². The molecule has 3 heteroatoms. The van der Waals surface area contributed by atoms with Gasteiger partial charge in [-0.05, 0) is 39.1 Å². The van der Waals surface area contributed by atoms with E-state index in [0.717, 1.165) is 24.1 Å². The van der Waals surface area contributed by atoms with E-state index in [1.807, 2.05) is 38.2 Å². The summed E-state index contributed by atoms with van der Waals surface area (Å²) in [6.45, 7) is 3.62. The van der Waals surface area contributed by atoms with Crippen LogP contribution in [0, 0.1) is 6.92 Å². The molecule has 2 N–H and O–H groups in total. The standard InChI is InChI=1S/C12H18N2O/c1-10-5-3-6-11(9-10)12(15)14-8-4-7-13-2/h3,5-6,9,13H,4,7-8H2,1-2H3,(H,14,15). The van der Waals surface area contributed by atoms with E-state index in [1.165, 1.54) is 0 Å². The van der Waals surface area contributed by atoms with E-state index in [4.69, 9.17) is 0 Å². The summed E-state index contributed by atoms with van der Waals surface area (Å²) >= 11 is 0. The van der Waals surface area contributed by atoms with Crippen molar-refractivity contribution in [3.05, 3.63) is 35.4 Å². The molecule has 1 aromatic carbocycles. The van der Waals surface area contributed by atoms with E-state index in [1.54, 1.807) is 0 Å². The molecule has 0 heterocycles. The summed E-state index contributed by atoms with van der Waals surface area (Å²) in [5, 5.41) is 5.92. The second-order valence-corrected chi connectivity index (χ2v) is 3.58. The number of aryl methyl sites for hydroxylation is 1. The van der Waals surface area contributed by atoms with Crippen LogP contribution >= 0.6 is 0 Å². The van der Waals surface area contributed by atoms with Crippen LogP contribution in [-0.2, 0) is 0 Å². The molecule has 0 radical (unpaired) electrons. The SMILES string of the molecule is CNCCCNC(=O)c1cccc(C)c1. The molecular weight excluding hydrogens is 188 g/mol. The Balaban J connectivity index is 2.40. The molecule has 82 valence electrons. The van der Waals surface area contributed by atoms with Crippen molar-refractivity contribution >= 4 is 5.91 Å². The Kier molecular flexibility index (Phi) is 4.84. The van der Waals surface area contributed by atoms with E-state index < -0.39 is 0 Å². The van der Waals surface area contributed by atoms with Gasteiger partial charge in [0.15, 0.2) is 0 Å². The third-order valence-electron chi connectivity index (χ3n) is 2.17. The van der Waals surface area contributed by atoms with Crippen LogP contribution in [-0.4, -0.2) is 26.0 Å². The highest BCUT2D eigenvalue weighted by Gasteiger charge is 2.03. The fraction of sp³-hybridized carbons (Fsp3) is 0.417. The molecule has 0 atom stereocenters. The molecule has 0 aliphatic carbocycles. The van der Waals surface area contributed by atoms with Gasteiger partial charge in [-0.15, -0.1) is 0 Å². The molecule has 1 aromatic rings. The minimum absolute atomic E-state index is 0.00908. The average molecular weight is 206 g/mol. The van der Waals surface area contributed by atoms with Crippen molar-refractivity contribution in [1.29, 1.82) is 0 Å². The summed E-state index contributed by atoms with van der Waals surface area (Å²) in [4.78, 5) is 11.6. The van der Waals surface area contributed by atoms with Crippen molar-refractivity contribution in [2.45, 2.75) is 13.3 Å². The van der Waals surface area contributed by atoms with E-state index in [-0.39, 0.29) is 5.91 Å². The second-order valence-electron chi connectivity index (χ2n) is 3.58. The van der Waals surface area contributed by atoms with Crippen molar-refractivity contribution in [1.82, 2.24) is 10.6 Å². The highest BCUT2D eigenvalue weighted by Crippen LogP contribution is 2.03. The number of carbonyl (C=O) groups excluding carboxylic acids is 1. The minimum atomic E-state index is 0.00908. The number of amides is 1. The number of nitrogens with one attached hydrogen (secondary N) is 2. The Morgan fingerprint density at radius 1 is 1.33 bits per heavy atom. The zero-order valence-electron chi connectivity index (χ0n) is 9.34. The monoisotopic (exact) mass is 206 g/mol. The Morgan fingerprint density at radius 2 is 2.13 bits per heavy atom. The van der Waals surface area contributed by atoms with E-state index in [2.05, 4.69) is 10.6 Å². The lowest BCUT2D eigenvalue weighted by molar-refractivity contribution is 0.0953. The quantitative estimate of drug-likeness (QED) is 0.714. The molecule has 1 rings (SSSR count). The zero-order chi connectivity index (χ0) is 11.1. The number of rotatable bonds is 5. The Bertz CT molecular complexity index is 323. The highest BCUT2D eigenvalue weighted by molar-refractivity contribution is 5.94. The average Bonchev–Trinajstić information content (AvgIpc) is 2.24. The van der Waals surface area contributed by atoms with E-state index in [9.17, 15) is 4.79 Å². The van der Waals surface area contributed by atoms with Gasteiger partial charge in [0.2, 0.25) is 0 Å². The third kappa shape index (κ3) is 4.13. The van der Waals surface area contributed by atoms with Crippen molar-refractivity contribution < 1.29 is 4.79 Å². The fourth-order valence-corrected chi connectivity index (χ4v) is 1.36. The fourth-order valence-electron chi connectivity index (χ4n) is 1.36. The topological polar surface area (TPSA) is 41.1 Å². The lowest BCUT2D eigenvalue weighted by atomic mass is 10.1. The van der Waals surface area contributed by atoms with Gasteiger partial charge in [0, 0.05) is 12.1 Å². The number of hydrogen-bond donors (Lipinski definition) is 2. The Hall–Kier alpha value is -1.35. The molecule has 15 heavy (non-hydrogen) atoms. The second kappa shape index (κ2) is 6.19. The molecule has 0 saturated carbocycles. The maximum Gasteiger partial charge on any atom is 0.251 e. The minimum Gasteiger partial charge on any atom is -0.352 e. The van der Waals surface area contributed by atoms with Crippen LogP contribution in [0.4, 0.5) is 0 Å². The maximum atomic E-state index is 11.6. The largest absolute Gasteiger partial charge is 0.352 e. The van der Waals surface area contributed by atoms with Crippen molar-refractivity contribution in [3.63, 3.8) is 0 Å². The molecule has 0 saturated heterocycles. The van der Waals surface area contributed by atoms with Crippen LogP contribution < -0.4 is 10.6 Å². The predicted molar refractivity (Wildman–Crippen MR) is 62.1 cm³/mol. The van der Waals surface area contributed by atoms with Gasteiger partial charge in [-0.2, -0.15) is 0 Å². The number of hydrogen-bond acceptors (Lipinski definition) is 2. The molecular formula is C12H18N2O. The zero-order valence-corrected chi connectivity index (χ0v) is 9.34. The summed E-state index contributed by atoms with van der Waals surface area (Å²) in [6, 6.07) is 7.61. The van der Waals surface area contributed by atoms with Crippen LogP contribution in [0.1, 0.15) is 22.3 Å².